The number of aliphatic imine (C=N–C) groups is 1. The number of likely N-dealkylation sites (N-methyl/N-ethyl adjacent to an activating group) is 1. The van der Waals surface area contributed by atoms with Crippen LogP contribution in [0.4, 0.5) is 0 Å². The maximum absolute atomic E-state index is 10.3. The van der Waals surface area contributed by atoms with Gasteiger partial charge in [-0.3, -0.25) is 0 Å². The summed E-state index contributed by atoms with van der Waals surface area (Å²) in [6, 6.07) is 5.28. The number of aliphatic hydroxyl groups is 1. The topological polar surface area (TPSA) is 54.2 Å². The molecule has 1 aliphatic heterocycles. The van der Waals surface area contributed by atoms with Crippen molar-refractivity contribution in [3.05, 3.63) is 33.8 Å². The second-order valence-electron chi connectivity index (χ2n) is 4.41. The van der Waals surface area contributed by atoms with Gasteiger partial charge in [0.2, 0.25) is 6.34 Å². The van der Waals surface area contributed by atoms with Gasteiger partial charge in [-0.15, -0.1) is 4.99 Å². The molecule has 1 aromatic carbocycles. The standard InChI is InChI=1S/C12H14Cl2N3O2/c1-17(7-15-12(16-17)19-2)6-11(18)9-4-3-8(13)5-10(9)14/h3-5,7,11,18H,6H2,1-2H3/q+1. The molecule has 5 nitrogen and oxygen atoms in total. The van der Waals surface area contributed by atoms with Crippen LogP contribution in [-0.2, 0) is 4.74 Å². The van der Waals surface area contributed by atoms with Crippen LogP contribution in [0.5, 0.6) is 0 Å². The number of halogens is 2. The van der Waals surface area contributed by atoms with Crippen molar-refractivity contribution in [1.29, 1.82) is 0 Å². The Morgan fingerprint density at radius 3 is 2.74 bits per heavy atom. The van der Waals surface area contributed by atoms with Crippen LogP contribution in [0.25, 0.3) is 0 Å². The Morgan fingerprint density at radius 2 is 2.16 bits per heavy atom. The highest BCUT2D eigenvalue weighted by atomic mass is 35.5. The first-order valence-electron chi connectivity index (χ1n) is 5.61. The van der Waals surface area contributed by atoms with E-state index in [0.717, 1.165) is 0 Å². The normalized spacial score (nSPS) is 23.3. The van der Waals surface area contributed by atoms with Crippen molar-refractivity contribution in [2.24, 2.45) is 10.1 Å². The molecular weight excluding hydrogens is 289 g/mol. The lowest BCUT2D eigenvalue weighted by Gasteiger charge is -2.22. The second kappa shape index (κ2) is 5.46. The molecule has 102 valence electrons. The highest BCUT2D eigenvalue weighted by Gasteiger charge is 2.31. The molecule has 0 saturated heterocycles. The van der Waals surface area contributed by atoms with E-state index in [2.05, 4.69) is 10.1 Å². The number of methoxy groups -OCH3 is 1. The molecule has 0 aliphatic carbocycles. The summed E-state index contributed by atoms with van der Waals surface area (Å²) in [6.07, 6.45) is 0.826. The van der Waals surface area contributed by atoms with Crippen molar-refractivity contribution in [2.45, 2.75) is 6.10 Å². The van der Waals surface area contributed by atoms with Gasteiger partial charge in [-0.2, -0.15) is 4.59 Å². The Hall–Kier alpha value is -1.14. The first-order chi connectivity index (χ1) is 8.93. The van der Waals surface area contributed by atoms with Crippen LogP contribution in [0.15, 0.2) is 28.3 Å². The van der Waals surface area contributed by atoms with Gasteiger partial charge in [-0.05, 0) is 17.2 Å². The maximum Gasteiger partial charge on any atom is 0.371 e. The number of hydrogen-bond donors (Lipinski definition) is 1. The average Bonchev–Trinajstić information content (AvgIpc) is 2.70. The molecule has 7 heteroatoms. The molecule has 1 aliphatic rings. The minimum Gasteiger partial charge on any atom is -0.463 e. The van der Waals surface area contributed by atoms with E-state index in [-0.39, 0.29) is 10.6 Å². The van der Waals surface area contributed by atoms with Crippen molar-refractivity contribution < 1.29 is 14.4 Å². The molecule has 0 aromatic heterocycles. The zero-order valence-electron chi connectivity index (χ0n) is 10.5. The number of aliphatic hydroxyl groups excluding tert-OH is 1. The number of rotatable bonds is 3. The third-order valence-corrected chi connectivity index (χ3v) is 3.34. The lowest BCUT2D eigenvalue weighted by atomic mass is 10.1. The van der Waals surface area contributed by atoms with Gasteiger partial charge in [0.05, 0.1) is 14.2 Å². The molecule has 0 fully saturated rings. The van der Waals surface area contributed by atoms with Crippen LogP contribution >= 0.6 is 23.2 Å². The molecule has 2 unspecified atom stereocenters. The monoisotopic (exact) mass is 302 g/mol. The van der Waals surface area contributed by atoms with Crippen molar-refractivity contribution in [3.63, 3.8) is 0 Å². The predicted molar refractivity (Wildman–Crippen MR) is 75.4 cm³/mol. The molecule has 2 atom stereocenters. The zero-order valence-corrected chi connectivity index (χ0v) is 12.1. The third kappa shape index (κ3) is 3.25. The number of nitrogens with zero attached hydrogens (tertiary/aromatic N) is 3. The van der Waals surface area contributed by atoms with Gasteiger partial charge < -0.3 is 9.84 Å². The second-order valence-corrected chi connectivity index (χ2v) is 5.25. The van der Waals surface area contributed by atoms with E-state index < -0.39 is 6.10 Å². The summed E-state index contributed by atoms with van der Waals surface area (Å²) in [7, 11) is 3.31. The minimum atomic E-state index is -0.777. The molecule has 2 rings (SSSR count). The quantitative estimate of drug-likeness (QED) is 0.872. The van der Waals surface area contributed by atoms with Crippen LogP contribution in [0.2, 0.25) is 10.0 Å². The number of quaternary nitrogens is 1. The summed E-state index contributed by atoms with van der Waals surface area (Å²) in [6.45, 7) is 0.303. The van der Waals surface area contributed by atoms with E-state index in [4.69, 9.17) is 27.9 Å². The van der Waals surface area contributed by atoms with Crippen molar-refractivity contribution >= 4 is 35.6 Å². The minimum absolute atomic E-state index is 0.100. The lowest BCUT2D eigenvalue weighted by molar-refractivity contribution is -0.823. The Balaban J connectivity index is 2.16. The lowest BCUT2D eigenvalue weighted by Crippen LogP contribution is -2.39. The van der Waals surface area contributed by atoms with E-state index in [1.165, 1.54) is 7.11 Å². The molecule has 0 spiro atoms. The fraction of sp³-hybridized carbons (Fsp3) is 0.333. The molecule has 0 radical (unpaired) electrons. The first-order valence-corrected chi connectivity index (χ1v) is 6.37. The summed E-state index contributed by atoms with van der Waals surface area (Å²) in [5.74, 6) is 0. The number of ether oxygens (including phenoxy) is 1. The molecule has 0 bridgehead atoms. The fourth-order valence-electron chi connectivity index (χ4n) is 1.82. The number of hydrogen-bond acceptors (Lipinski definition) is 4. The molecule has 0 saturated carbocycles. The van der Waals surface area contributed by atoms with Gasteiger partial charge in [-0.1, -0.05) is 29.3 Å². The van der Waals surface area contributed by atoms with E-state index in [1.54, 1.807) is 24.5 Å². The van der Waals surface area contributed by atoms with Crippen LogP contribution in [0.3, 0.4) is 0 Å². The van der Waals surface area contributed by atoms with Crippen molar-refractivity contribution in [2.75, 3.05) is 20.7 Å². The number of amidine groups is 1. The molecular formula is C12H14Cl2N3O2+. The third-order valence-electron chi connectivity index (χ3n) is 2.78. The van der Waals surface area contributed by atoms with Crippen LogP contribution in [0, 0.1) is 0 Å². The summed E-state index contributed by atoms with van der Waals surface area (Å²) in [4.78, 5) is 4.00. The average molecular weight is 303 g/mol. The Bertz CT molecular complexity index is 548. The van der Waals surface area contributed by atoms with Crippen molar-refractivity contribution in [3.8, 4) is 0 Å². The summed E-state index contributed by atoms with van der Waals surface area (Å²) in [5, 5.41) is 15.5. The molecule has 19 heavy (non-hydrogen) atoms. The summed E-state index contributed by atoms with van der Waals surface area (Å²) >= 11 is 11.9. The van der Waals surface area contributed by atoms with Crippen LogP contribution in [0.1, 0.15) is 11.7 Å². The maximum atomic E-state index is 10.3. The molecule has 1 aromatic rings. The van der Waals surface area contributed by atoms with Gasteiger partial charge in [0, 0.05) is 15.6 Å². The van der Waals surface area contributed by atoms with E-state index >= 15 is 0 Å². The van der Waals surface area contributed by atoms with Gasteiger partial charge >= 0.3 is 6.02 Å². The van der Waals surface area contributed by atoms with Crippen LogP contribution < -0.4 is 0 Å². The SMILES string of the molecule is COC1=N[N+](C)(CC(O)c2ccc(Cl)cc2Cl)C=N1. The van der Waals surface area contributed by atoms with Crippen LogP contribution in [-0.4, -0.2) is 42.8 Å². The smallest absolute Gasteiger partial charge is 0.371 e. The zero-order chi connectivity index (χ0) is 14.0. The van der Waals surface area contributed by atoms with Crippen molar-refractivity contribution in [1.82, 2.24) is 0 Å². The van der Waals surface area contributed by atoms with E-state index in [1.807, 2.05) is 7.05 Å². The Morgan fingerprint density at radius 1 is 1.42 bits per heavy atom. The van der Waals surface area contributed by atoms with Gasteiger partial charge in [0.1, 0.15) is 12.6 Å². The van der Waals surface area contributed by atoms with Gasteiger partial charge in [0.25, 0.3) is 0 Å². The van der Waals surface area contributed by atoms with E-state index in [9.17, 15) is 5.11 Å². The van der Waals surface area contributed by atoms with Gasteiger partial charge in [0.15, 0.2) is 0 Å². The van der Waals surface area contributed by atoms with E-state index in [0.29, 0.717) is 22.2 Å². The summed E-state index contributed by atoms with van der Waals surface area (Å²) in [5.41, 5.74) is 0.611. The van der Waals surface area contributed by atoms with Gasteiger partial charge in [-0.25, -0.2) is 0 Å². The number of benzene rings is 1. The molecule has 0 amide bonds. The predicted octanol–water partition coefficient (Wildman–Crippen LogP) is 2.43. The first kappa shape index (κ1) is 14.3. The summed E-state index contributed by atoms with van der Waals surface area (Å²) < 4.78 is 5.05. The Kier molecular flexibility index (Phi) is 4.10. The highest BCUT2D eigenvalue weighted by Crippen LogP contribution is 2.28. The molecule has 1 heterocycles. The molecule has 1 N–H and O–H groups in total. The largest absolute Gasteiger partial charge is 0.463 e. The Labute approximate surface area is 121 Å². The fourth-order valence-corrected chi connectivity index (χ4v) is 2.36. The highest BCUT2D eigenvalue weighted by molar-refractivity contribution is 6.35.